The van der Waals surface area contributed by atoms with Crippen molar-refractivity contribution in [2.45, 2.75) is 44.9 Å². The number of benzene rings is 6. The van der Waals surface area contributed by atoms with Gasteiger partial charge in [0.15, 0.2) is 34.3 Å². The van der Waals surface area contributed by atoms with Gasteiger partial charge < -0.3 is 51.2 Å². The van der Waals surface area contributed by atoms with E-state index < -0.39 is 31.1 Å². The molecule has 0 N–H and O–H groups in total. The summed E-state index contributed by atoms with van der Waals surface area (Å²) in [7, 11) is 7.07. The molecular formula is C54H54O13Si. The Kier molecular flexibility index (Phi) is 13.5. The molecule has 0 aliphatic carbocycles. The molecule has 0 fully saturated rings. The van der Waals surface area contributed by atoms with E-state index in [1.807, 2.05) is 72.8 Å². The van der Waals surface area contributed by atoms with Crippen LogP contribution in [0.1, 0.15) is 54.3 Å². The van der Waals surface area contributed by atoms with Crippen LogP contribution in [0.4, 0.5) is 0 Å². The molecule has 8 rings (SSSR count). The van der Waals surface area contributed by atoms with Gasteiger partial charge in [0.25, 0.3) is 8.32 Å². The maximum absolute atomic E-state index is 13.9. The second-order valence-electron chi connectivity index (χ2n) is 17.0. The number of furan rings is 1. The van der Waals surface area contributed by atoms with E-state index in [1.54, 1.807) is 47.7 Å². The Labute approximate surface area is 395 Å². The molecule has 2 heterocycles. The normalized spacial score (nSPS) is 12.2. The monoisotopic (exact) mass is 938 g/mol. The summed E-state index contributed by atoms with van der Waals surface area (Å²) in [4.78, 5) is 26.7. The molecule has 8 aromatic rings. The maximum atomic E-state index is 13.9. The predicted octanol–water partition coefficient (Wildman–Crippen LogP) is 9.97. The molecule has 0 radical (unpaired) electrons. The largest absolute Gasteiger partial charge is 0.496 e. The van der Waals surface area contributed by atoms with Crippen molar-refractivity contribution in [1.29, 1.82) is 0 Å². The summed E-state index contributed by atoms with van der Waals surface area (Å²) in [6, 6.07) is 37.1. The topological polar surface area (TPSA) is 143 Å². The van der Waals surface area contributed by atoms with Gasteiger partial charge in [0.1, 0.15) is 35.4 Å². The van der Waals surface area contributed by atoms with Crippen molar-refractivity contribution in [1.82, 2.24) is 0 Å². The van der Waals surface area contributed by atoms with E-state index in [1.165, 1.54) is 20.3 Å². The Morgan fingerprint density at radius 2 is 1.19 bits per heavy atom. The third kappa shape index (κ3) is 8.23. The third-order valence-corrected chi connectivity index (χ3v) is 17.3. The first kappa shape index (κ1) is 47.1. The first-order valence-electron chi connectivity index (χ1n) is 21.9. The summed E-state index contributed by atoms with van der Waals surface area (Å²) in [5.41, 5.74) is 1.00. The lowest BCUT2D eigenvalue weighted by Gasteiger charge is -2.45. The SMILES string of the molecule is COC(=O)c1cc2cc(CC(O[Si](c3ccccc3)(c3ccccc3)C(C)(C)C)c3cc4c(OC)c5c(OC)cc(OC)c(OC)c5c(OC)c4o3)c(OCc3ccccc3)c(OC)c2c(=O)o1. The molecule has 1 atom stereocenters. The molecule has 0 saturated heterocycles. The van der Waals surface area contributed by atoms with Gasteiger partial charge in [-0.3, -0.25) is 0 Å². The van der Waals surface area contributed by atoms with Crippen molar-refractivity contribution < 1.29 is 55.9 Å². The number of carbonyl (C=O) groups is 1. The van der Waals surface area contributed by atoms with Gasteiger partial charge in [-0.2, -0.15) is 0 Å². The lowest BCUT2D eigenvalue weighted by atomic mass is 9.99. The molecule has 0 amide bonds. The van der Waals surface area contributed by atoms with Gasteiger partial charge in [0.05, 0.1) is 65.9 Å². The van der Waals surface area contributed by atoms with E-state index in [2.05, 4.69) is 45.0 Å². The molecular weight excluding hydrogens is 885 g/mol. The number of fused-ring (bicyclic) bond motifs is 3. The summed E-state index contributed by atoms with van der Waals surface area (Å²) in [6.07, 6.45) is -0.801. The molecule has 0 aliphatic rings. The average molecular weight is 939 g/mol. The van der Waals surface area contributed by atoms with E-state index in [0.717, 1.165) is 15.9 Å². The molecule has 0 spiro atoms. The van der Waals surface area contributed by atoms with Gasteiger partial charge in [0, 0.05) is 18.1 Å². The smallest absolute Gasteiger partial charge is 0.374 e. The molecule has 2 aromatic heterocycles. The van der Waals surface area contributed by atoms with Crippen molar-refractivity contribution in [3.8, 4) is 40.2 Å². The fraction of sp³-hybridized carbons (Fsp3) is 0.259. The number of ether oxygens (including phenoxy) is 8. The van der Waals surface area contributed by atoms with Crippen LogP contribution >= 0.6 is 0 Å². The van der Waals surface area contributed by atoms with E-state index in [9.17, 15) is 9.59 Å². The summed E-state index contributed by atoms with van der Waals surface area (Å²) in [5.74, 6) is 1.76. The van der Waals surface area contributed by atoms with Gasteiger partial charge in [-0.05, 0) is 44.6 Å². The maximum Gasteiger partial charge on any atom is 0.374 e. The van der Waals surface area contributed by atoms with Crippen LogP contribution in [0.3, 0.4) is 0 Å². The molecule has 14 heteroatoms. The summed E-state index contributed by atoms with van der Waals surface area (Å²) in [5, 5.41) is 3.67. The predicted molar refractivity (Wildman–Crippen MR) is 263 cm³/mol. The van der Waals surface area contributed by atoms with Crippen LogP contribution in [0, 0.1) is 0 Å². The van der Waals surface area contributed by atoms with Gasteiger partial charge in [-0.25, -0.2) is 9.59 Å². The summed E-state index contributed by atoms with van der Waals surface area (Å²) in [6.45, 7) is 6.71. The van der Waals surface area contributed by atoms with Crippen LogP contribution in [-0.2, 0) is 22.2 Å². The minimum absolute atomic E-state index is 0.0830. The Bertz CT molecular complexity index is 3120. The molecule has 1 unspecified atom stereocenters. The van der Waals surface area contributed by atoms with Gasteiger partial charge in [0.2, 0.25) is 5.76 Å². The minimum Gasteiger partial charge on any atom is -0.496 e. The Morgan fingerprint density at radius 1 is 0.603 bits per heavy atom. The Balaban J connectivity index is 1.47. The van der Waals surface area contributed by atoms with E-state index >= 15 is 0 Å². The highest BCUT2D eigenvalue weighted by atomic mass is 28.4. The highest BCUT2D eigenvalue weighted by Crippen LogP contribution is 2.55. The second-order valence-corrected chi connectivity index (χ2v) is 21.3. The van der Waals surface area contributed by atoms with Gasteiger partial charge >= 0.3 is 11.6 Å². The summed E-state index contributed by atoms with van der Waals surface area (Å²) < 4.78 is 68.6. The van der Waals surface area contributed by atoms with Gasteiger partial charge in [-0.15, -0.1) is 0 Å². The first-order chi connectivity index (χ1) is 32.9. The zero-order valence-corrected chi connectivity index (χ0v) is 40.8. The average Bonchev–Trinajstić information content (AvgIpc) is 3.80. The fourth-order valence-electron chi connectivity index (χ4n) is 9.24. The Hall–Kier alpha value is -7.42. The lowest BCUT2D eigenvalue weighted by molar-refractivity contribution is 0.0560. The number of carbonyl (C=O) groups excluding carboxylic acids is 1. The van der Waals surface area contributed by atoms with Crippen molar-refractivity contribution in [3.63, 3.8) is 0 Å². The van der Waals surface area contributed by atoms with E-state index in [4.69, 9.17) is 51.2 Å². The molecule has 0 bridgehead atoms. The van der Waals surface area contributed by atoms with Crippen LogP contribution in [0.25, 0.3) is 32.5 Å². The van der Waals surface area contributed by atoms with Crippen molar-refractivity contribution in [2.75, 3.05) is 49.8 Å². The zero-order valence-electron chi connectivity index (χ0n) is 39.8. The first-order valence-corrected chi connectivity index (χ1v) is 23.8. The molecule has 0 saturated carbocycles. The van der Waals surface area contributed by atoms with Gasteiger partial charge in [-0.1, -0.05) is 112 Å². The quantitative estimate of drug-likeness (QED) is 0.0632. The van der Waals surface area contributed by atoms with Crippen LogP contribution < -0.4 is 49.2 Å². The Morgan fingerprint density at radius 3 is 1.74 bits per heavy atom. The minimum atomic E-state index is -3.41. The van der Waals surface area contributed by atoms with E-state index in [0.29, 0.717) is 67.2 Å². The highest BCUT2D eigenvalue weighted by Gasteiger charge is 2.52. The lowest BCUT2D eigenvalue weighted by Crippen LogP contribution is -2.67. The second kappa shape index (κ2) is 19.4. The van der Waals surface area contributed by atoms with Crippen LogP contribution in [0.2, 0.25) is 5.04 Å². The molecule has 68 heavy (non-hydrogen) atoms. The van der Waals surface area contributed by atoms with Crippen LogP contribution in [0.15, 0.2) is 129 Å². The highest BCUT2D eigenvalue weighted by molar-refractivity contribution is 6.99. The molecule has 352 valence electrons. The number of rotatable bonds is 17. The third-order valence-electron chi connectivity index (χ3n) is 12.2. The van der Waals surface area contributed by atoms with E-state index in [-0.39, 0.29) is 35.7 Å². The van der Waals surface area contributed by atoms with Crippen LogP contribution in [-0.4, -0.2) is 64.1 Å². The van der Waals surface area contributed by atoms with Crippen molar-refractivity contribution in [3.05, 3.63) is 148 Å². The standard InChI is InChI=1S/C54H54O13Si/c1-54(2,3)68(35-22-16-12-17-23-35,36-24-18-13-19-25-36)67-39(38-29-37-47(59-6)44-40(57-4)30-41(58-5)49(60-7)45(44)51(62-9)48(37)65-38)28-34-26-33-27-42(52(55)63-10)66-53(56)43(33)50(61-8)46(34)64-31-32-20-14-11-15-21-32/h11-27,29-30,39H,28,31H2,1-10H3. The number of hydrogen-bond acceptors (Lipinski definition) is 13. The van der Waals surface area contributed by atoms with Crippen molar-refractivity contribution >= 4 is 57.2 Å². The number of esters is 1. The number of methoxy groups -OCH3 is 7. The van der Waals surface area contributed by atoms with Crippen molar-refractivity contribution in [2.24, 2.45) is 0 Å². The molecule has 13 nitrogen and oxygen atoms in total. The summed E-state index contributed by atoms with van der Waals surface area (Å²) >= 11 is 0. The van der Waals surface area contributed by atoms with Crippen LogP contribution in [0.5, 0.6) is 40.2 Å². The number of hydrogen-bond donors (Lipinski definition) is 0. The zero-order chi connectivity index (χ0) is 48.3. The molecule has 6 aromatic carbocycles. The molecule has 0 aliphatic heterocycles. The fourth-order valence-corrected chi connectivity index (χ4v) is 13.9.